The number of carbonyl (C=O) groups excluding carboxylic acids is 1. The minimum Gasteiger partial charge on any atom is -0.472 e. The molecule has 0 saturated carbocycles. The summed E-state index contributed by atoms with van der Waals surface area (Å²) in [4.78, 5) is 20.2. The molecule has 0 unspecified atom stereocenters. The van der Waals surface area contributed by atoms with E-state index in [9.17, 15) is 9.18 Å². The van der Waals surface area contributed by atoms with E-state index in [2.05, 4.69) is 30.8 Å². The molecule has 2 heterocycles. The molecule has 0 saturated heterocycles. The van der Waals surface area contributed by atoms with Crippen molar-refractivity contribution in [2.75, 3.05) is 10.6 Å². The SMILES string of the molecule is Cc1ccc(Cc2nnc(NC(=O)Nc3ccc(F)c(COc4cnccn4)c3)s2)cc1. The lowest BCUT2D eigenvalue weighted by molar-refractivity contribution is 0.262. The van der Waals surface area contributed by atoms with Crippen molar-refractivity contribution in [3.05, 3.63) is 88.6 Å². The number of aromatic nitrogens is 4. The smallest absolute Gasteiger partial charge is 0.325 e. The number of rotatable bonds is 7. The molecule has 0 aliphatic carbocycles. The first-order valence-corrected chi connectivity index (χ1v) is 10.5. The number of amides is 2. The summed E-state index contributed by atoms with van der Waals surface area (Å²) in [6, 6.07) is 11.9. The van der Waals surface area contributed by atoms with Crippen LogP contribution in [-0.2, 0) is 13.0 Å². The van der Waals surface area contributed by atoms with Crippen LogP contribution in [0.4, 0.5) is 20.0 Å². The summed E-state index contributed by atoms with van der Waals surface area (Å²) in [5, 5.41) is 14.6. The van der Waals surface area contributed by atoms with Crippen LogP contribution in [-0.4, -0.2) is 26.2 Å². The second-order valence-corrected chi connectivity index (χ2v) is 7.94. The van der Waals surface area contributed by atoms with Crippen molar-refractivity contribution in [3.63, 3.8) is 0 Å². The molecular weight excluding hydrogens is 431 g/mol. The molecular formula is C22H19FN6O2S. The van der Waals surface area contributed by atoms with Gasteiger partial charge in [0.15, 0.2) is 0 Å². The minimum atomic E-state index is -0.504. The Bertz CT molecular complexity index is 1200. The van der Waals surface area contributed by atoms with Gasteiger partial charge in [0.25, 0.3) is 0 Å². The number of hydrogen-bond donors (Lipinski definition) is 2. The molecule has 0 atom stereocenters. The highest BCUT2D eigenvalue weighted by molar-refractivity contribution is 7.15. The van der Waals surface area contributed by atoms with E-state index in [0.717, 1.165) is 10.6 Å². The van der Waals surface area contributed by atoms with E-state index >= 15 is 0 Å². The lowest BCUT2D eigenvalue weighted by Crippen LogP contribution is -2.19. The minimum absolute atomic E-state index is 0.0551. The van der Waals surface area contributed by atoms with Gasteiger partial charge in [-0.15, -0.1) is 10.2 Å². The number of nitrogens with one attached hydrogen (secondary N) is 2. The Morgan fingerprint density at radius 1 is 1.09 bits per heavy atom. The predicted octanol–water partition coefficient (Wildman–Crippen LogP) is 4.59. The molecule has 0 bridgehead atoms. The van der Waals surface area contributed by atoms with Crippen molar-refractivity contribution in [2.24, 2.45) is 0 Å². The van der Waals surface area contributed by atoms with E-state index < -0.39 is 11.8 Å². The van der Waals surface area contributed by atoms with Crippen LogP contribution in [0.25, 0.3) is 0 Å². The summed E-state index contributed by atoms with van der Waals surface area (Å²) in [5.74, 6) is -0.176. The zero-order valence-electron chi connectivity index (χ0n) is 17.1. The molecule has 0 aliphatic rings. The van der Waals surface area contributed by atoms with Gasteiger partial charge in [0.2, 0.25) is 11.0 Å². The Morgan fingerprint density at radius 3 is 2.72 bits per heavy atom. The van der Waals surface area contributed by atoms with Crippen LogP contribution in [0.2, 0.25) is 0 Å². The van der Waals surface area contributed by atoms with Gasteiger partial charge in [0.05, 0.1) is 6.20 Å². The monoisotopic (exact) mass is 450 g/mol. The van der Waals surface area contributed by atoms with Crippen molar-refractivity contribution in [1.82, 2.24) is 20.2 Å². The number of urea groups is 1. The zero-order valence-corrected chi connectivity index (χ0v) is 17.9. The van der Waals surface area contributed by atoms with Gasteiger partial charge in [-0.3, -0.25) is 10.3 Å². The summed E-state index contributed by atoms with van der Waals surface area (Å²) >= 11 is 1.30. The van der Waals surface area contributed by atoms with Gasteiger partial charge in [-0.1, -0.05) is 41.2 Å². The fourth-order valence-corrected chi connectivity index (χ4v) is 3.56. The third kappa shape index (κ3) is 5.82. The number of halogens is 1. The molecule has 162 valence electrons. The lowest BCUT2D eigenvalue weighted by Gasteiger charge is -2.09. The number of aryl methyl sites for hydroxylation is 1. The molecule has 2 aromatic heterocycles. The van der Waals surface area contributed by atoms with Crippen LogP contribution in [0.3, 0.4) is 0 Å². The van der Waals surface area contributed by atoms with Gasteiger partial charge in [0, 0.05) is 30.1 Å². The molecule has 2 N–H and O–H groups in total. The van der Waals surface area contributed by atoms with Gasteiger partial charge < -0.3 is 10.1 Å². The first kappa shape index (κ1) is 21.3. The number of hydrogen-bond acceptors (Lipinski definition) is 7. The van der Waals surface area contributed by atoms with E-state index in [1.54, 1.807) is 0 Å². The third-order valence-electron chi connectivity index (χ3n) is 4.38. The number of anilines is 2. The molecule has 32 heavy (non-hydrogen) atoms. The number of ether oxygens (including phenoxy) is 1. The third-order valence-corrected chi connectivity index (χ3v) is 5.22. The highest BCUT2D eigenvalue weighted by Crippen LogP contribution is 2.20. The normalized spacial score (nSPS) is 10.6. The molecule has 0 fully saturated rings. The average molecular weight is 450 g/mol. The van der Waals surface area contributed by atoms with Gasteiger partial charge in [-0.25, -0.2) is 14.2 Å². The van der Waals surface area contributed by atoms with E-state index in [1.165, 1.54) is 53.7 Å². The second-order valence-electron chi connectivity index (χ2n) is 6.88. The van der Waals surface area contributed by atoms with Crippen LogP contribution in [0, 0.1) is 12.7 Å². The number of carbonyl (C=O) groups is 1. The first-order chi connectivity index (χ1) is 15.5. The highest BCUT2D eigenvalue weighted by Gasteiger charge is 2.11. The zero-order chi connectivity index (χ0) is 22.3. The molecule has 0 spiro atoms. The second kappa shape index (κ2) is 9.92. The molecule has 8 nitrogen and oxygen atoms in total. The van der Waals surface area contributed by atoms with E-state index in [0.29, 0.717) is 17.2 Å². The van der Waals surface area contributed by atoms with Gasteiger partial charge in [-0.05, 0) is 30.7 Å². The van der Waals surface area contributed by atoms with Crippen LogP contribution in [0.1, 0.15) is 21.7 Å². The maximum atomic E-state index is 14.1. The lowest BCUT2D eigenvalue weighted by atomic mass is 10.1. The Labute approximate surface area is 187 Å². The van der Waals surface area contributed by atoms with Crippen LogP contribution in [0.15, 0.2) is 61.1 Å². The fraction of sp³-hybridized carbons (Fsp3) is 0.136. The van der Waals surface area contributed by atoms with Crippen molar-refractivity contribution < 1.29 is 13.9 Å². The summed E-state index contributed by atoms with van der Waals surface area (Å²) in [6.07, 6.45) is 5.06. The Hall–Kier alpha value is -3.92. The fourth-order valence-electron chi connectivity index (χ4n) is 2.79. The van der Waals surface area contributed by atoms with Gasteiger partial charge in [0.1, 0.15) is 17.4 Å². The van der Waals surface area contributed by atoms with Crippen LogP contribution in [0.5, 0.6) is 5.88 Å². The largest absolute Gasteiger partial charge is 0.472 e. The Kier molecular flexibility index (Phi) is 6.61. The van der Waals surface area contributed by atoms with Gasteiger partial charge >= 0.3 is 6.03 Å². The summed E-state index contributed by atoms with van der Waals surface area (Å²) < 4.78 is 19.5. The van der Waals surface area contributed by atoms with Crippen molar-refractivity contribution in [2.45, 2.75) is 20.0 Å². The van der Waals surface area contributed by atoms with Crippen molar-refractivity contribution in [3.8, 4) is 5.88 Å². The summed E-state index contributed by atoms with van der Waals surface area (Å²) in [7, 11) is 0. The number of nitrogens with zero attached hydrogens (tertiary/aromatic N) is 4. The molecule has 10 heteroatoms. The van der Waals surface area contributed by atoms with E-state index in [1.807, 2.05) is 31.2 Å². The molecule has 4 aromatic rings. The number of benzene rings is 2. The molecule has 0 radical (unpaired) electrons. The molecule has 2 aromatic carbocycles. The van der Waals surface area contributed by atoms with Crippen LogP contribution < -0.4 is 15.4 Å². The standard InChI is InChI=1S/C22H19FN6O2S/c1-14-2-4-15(5-3-14)10-20-28-29-22(32-20)27-21(30)26-17-6-7-18(23)16(11-17)13-31-19-12-24-8-9-25-19/h2-9,11-12H,10,13H2,1H3,(H2,26,27,29,30). The summed E-state index contributed by atoms with van der Waals surface area (Å²) in [6.45, 7) is 1.98. The molecule has 2 amide bonds. The maximum absolute atomic E-state index is 14.1. The predicted molar refractivity (Wildman–Crippen MR) is 119 cm³/mol. The highest BCUT2D eigenvalue weighted by atomic mass is 32.1. The maximum Gasteiger partial charge on any atom is 0.325 e. The quantitative estimate of drug-likeness (QED) is 0.427. The molecule has 4 rings (SSSR count). The summed E-state index contributed by atoms with van der Waals surface area (Å²) in [5.41, 5.74) is 2.98. The van der Waals surface area contributed by atoms with Crippen molar-refractivity contribution >= 4 is 28.2 Å². The van der Waals surface area contributed by atoms with E-state index in [-0.39, 0.29) is 18.1 Å². The Morgan fingerprint density at radius 2 is 1.94 bits per heavy atom. The van der Waals surface area contributed by atoms with Crippen LogP contribution >= 0.6 is 11.3 Å². The van der Waals surface area contributed by atoms with Crippen molar-refractivity contribution in [1.29, 1.82) is 0 Å². The molecule has 0 aliphatic heterocycles. The van der Waals surface area contributed by atoms with E-state index in [4.69, 9.17) is 4.74 Å². The first-order valence-electron chi connectivity index (χ1n) is 9.68. The Balaban J connectivity index is 1.34. The van der Waals surface area contributed by atoms with Gasteiger partial charge in [-0.2, -0.15) is 0 Å². The topological polar surface area (TPSA) is 102 Å². The average Bonchev–Trinajstić information content (AvgIpc) is 3.23.